The number of nitro groups is 1. The third kappa shape index (κ3) is 3.64. The summed E-state index contributed by atoms with van der Waals surface area (Å²) in [6.07, 6.45) is 0. The largest absolute Gasteiger partial charge is 0.465 e. The Morgan fingerprint density at radius 1 is 1.42 bits per heavy atom. The summed E-state index contributed by atoms with van der Waals surface area (Å²) in [4.78, 5) is 21.6. The zero-order valence-corrected chi connectivity index (χ0v) is 11.1. The smallest absolute Gasteiger partial charge is 0.340 e. The zero-order chi connectivity index (χ0) is 14.8. The maximum absolute atomic E-state index is 13.6. The Kier molecular flexibility index (Phi) is 4.08. The van der Waals surface area contributed by atoms with E-state index in [9.17, 15) is 19.3 Å². The van der Waals surface area contributed by atoms with Crippen LogP contribution in [-0.4, -0.2) is 23.5 Å². The minimum Gasteiger partial charge on any atom is -0.465 e. The molecule has 7 heteroatoms. The van der Waals surface area contributed by atoms with Crippen molar-refractivity contribution in [2.45, 2.75) is 26.3 Å². The summed E-state index contributed by atoms with van der Waals surface area (Å²) < 4.78 is 18.1. The number of hydrogen-bond acceptors (Lipinski definition) is 5. The summed E-state index contributed by atoms with van der Waals surface area (Å²) in [6.45, 7) is 5.37. The summed E-state index contributed by atoms with van der Waals surface area (Å²) in [7, 11) is 1.11. The highest BCUT2D eigenvalue weighted by Gasteiger charge is 2.24. The highest BCUT2D eigenvalue weighted by Crippen LogP contribution is 2.30. The monoisotopic (exact) mass is 270 g/mol. The standard InChI is InChI=1S/C12H15FN2O4/c1-12(2,3)14-9-5-7(11(16)19-4)8(13)6-10(9)15(17)18/h5-6,14H,1-4H3. The molecule has 1 N–H and O–H groups in total. The number of nitrogens with zero attached hydrogens (tertiary/aromatic N) is 1. The number of halogens is 1. The van der Waals surface area contributed by atoms with Crippen LogP contribution in [0.2, 0.25) is 0 Å². The Balaban J connectivity index is 3.39. The highest BCUT2D eigenvalue weighted by molar-refractivity contribution is 5.92. The Hall–Kier alpha value is -2.18. The van der Waals surface area contributed by atoms with Crippen LogP contribution in [0, 0.1) is 15.9 Å². The first-order valence-corrected chi connectivity index (χ1v) is 5.50. The predicted molar refractivity (Wildman–Crippen MR) is 67.8 cm³/mol. The Bertz CT molecular complexity index is 523. The second-order valence-electron chi connectivity index (χ2n) is 4.97. The molecule has 0 aromatic heterocycles. The van der Waals surface area contributed by atoms with E-state index in [2.05, 4.69) is 10.1 Å². The molecule has 1 rings (SSSR count). The summed E-state index contributed by atoms with van der Waals surface area (Å²) in [5.41, 5.74) is -1.19. The zero-order valence-electron chi connectivity index (χ0n) is 11.1. The molecule has 0 aliphatic carbocycles. The van der Waals surface area contributed by atoms with Gasteiger partial charge in [-0.3, -0.25) is 10.1 Å². The predicted octanol–water partition coefficient (Wildman–Crippen LogP) is 2.73. The molecule has 1 aromatic carbocycles. The molecular weight excluding hydrogens is 255 g/mol. The van der Waals surface area contributed by atoms with E-state index in [1.54, 1.807) is 20.8 Å². The fourth-order valence-corrected chi connectivity index (χ4v) is 1.48. The molecule has 0 saturated carbocycles. The minimum absolute atomic E-state index is 0.0688. The van der Waals surface area contributed by atoms with Crippen LogP contribution in [0.1, 0.15) is 31.1 Å². The molecular formula is C12H15FN2O4. The van der Waals surface area contributed by atoms with Crippen LogP contribution in [0.15, 0.2) is 12.1 Å². The first-order chi connectivity index (χ1) is 8.65. The van der Waals surface area contributed by atoms with Crippen molar-refractivity contribution in [3.05, 3.63) is 33.6 Å². The summed E-state index contributed by atoms with van der Waals surface area (Å²) in [5, 5.41) is 13.8. The SMILES string of the molecule is COC(=O)c1cc(NC(C)(C)C)c([N+](=O)[O-])cc1F. The molecule has 0 fully saturated rings. The van der Waals surface area contributed by atoms with Crippen LogP contribution in [0.4, 0.5) is 15.8 Å². The lowest BCUT2D eigenvalue weighted by Gasteiger charge is -2.22. The van der Waals surface area contributed by atoms with Gasteiger partial charge in [0.25, 0.3) is 5.69 Å². The molecule has 0 atom stereocenters. The number of nitrogens with one attached hydrogen (secondary N) is 1. The highest BCUT2D eigenvalue weighted by atomic mass is 19.1. The van der Waals surface area contributed by atoms with E-state index in [1.807, 2.05) is 0 Å². The number of benzene rings is 1. The van der Waals surface area contributed by atoms with Gasteiger partial charge in [0, 0.05) is 5.54 Å². The quantitative estimate of drug-likeness (QED) is 0.519. The molecule has 0 saturated heterocycles. The van der Waals surface area contributed by atoms with Crippen molar-refractivity contribution in [3.63, 3.8) is 0 Å². The molecule has 6 nitrogen and oxygen atoms in total. The fourth-order valence-electron chi connectivity index (χ4n) is 1.48. The Labute approximate surface area is 109 Å². The molecule has 0 amide bonds. The van der Waals surface area contributed by atoms with Gasteiger partial charge in [0.05, 0.1) is 23.7 Å². The van der Waals surface area contributed by atoms with Gasteiger partial charge in [0.1, 0.15) is 11.5 Å². The fraction of sp³-hybridized carbons (Fsp3) is 0.417. The van der Waals surface area contributed by atoms with Crippen LogP contribution >= 0.6 is 0 Å². The van der Waals surface area contributed by atoms with Gasteiger partial charge in [0.2, 0.25) is 0 Å². The molecule has 0 spiro atoms. The molecule has 0 aliphatic rings. The van der Waals surface area contributed by atoms with Gasteiger partial charge in [-0.15, -0.1) is 0 Å². The van der Waals surface area contributed by atoms with Gasteiger partial charge in [0.15, 0.2) is 0 Å². The van der Waals surface area contributed by atoms with E-state index in [0.717, 1.165) is 13.2 Å². The van der Waals surface area contributed by atoms with Crippen LogP contribution in [0.25, 0.3) is 0 Å². The molecule has 104 valence electrons. The third-order valence-electron chi connectivity index (χ3n) is 2.20. The van der Waals surface area contributed by atoms with Crippen molar-refractivity contribution >= 4 is 17.3 Å². The number of carbonyl (C=O) groups excluding carboxylic acids is 1. The molecule has 0 radical (unpaired) electrons. The average Bonchev–Trinajstić information content (AvgIpc) is 2.27. The van der Waals surface area contributed by atoms with Crippen molar-refractivity contribution in [2.75, 3.05) is 12.4 Å². The van der Waals surface area contributed by atoms with Crippen LogP contribution in [0.5, 0.6) is 0 Å². The van der Waals surface area contributed by atoms with E-state index in [4.69, 9.17) is 0 Å². The van der Waals surface area contributed by atoms with Gasteiger partial charge in [-0.2, -0.15) is 0 Å². The Morgan fingerprint density at radius 2 is 2.00 bits per heavy atom. The van der Waals surface area contributed by atoms with E-state index in [-0.39, 0.29) is 11.3 Å². The molecule has 19 heavy (non-hydrogen) atoms. The number of nitro benzene ring substituents is 1. The maximum Gasteiger partial charge on any atom is 0.340 e. The lowest BCUT2D eigenvalue weighted by molar-refractivity contribution is -0.384. The van der Waals surface area contributed by atoms with Crippen LogP contribution < -0.4 is 5.32 Å². The maximum atomic E-state index is 13.6. The van der Waals surface area contributed by atoms with Crippen molar-refractivity contribution in [1.29, 1.82) is 0 Å². The number of anilines is 1. The topological polar surface area (TPSA) is 81.5 Å². The van der Waals surface area contributed by atoms with Gasteiger partial charge >= 0.3 is 5.97 Å². The van der Waals surface area contributed by atoms with Crippen LogP contribution in [-0.2, 0) is 4.74 Å². The van der Waals surface area contributed by atoms with E-state index >= 15 is 0 Å². The second-order valence-corrected chi connectivity index (χ2v) is 4.97. The van der Waals surface area contributed by atoms with Crippen molar-refractivity contribution in [1.82, 2.24) is 0 Å². The van der Waals surface area contributed by atoms with Crippen molar-refractivity contribution in [2.24, 2.45) is 0 Å². The number of methoxy groups -OCH3 is 1. The minimum atomic E-state index is -0.988. The normalized spacial score (nSPS) is 11.0. The van der Waals surface area contributed by atoms with Gasteiger partial charge in [-0.05, 0) is 26.8 Å². The van der Waals surface area contributed by atoms with E-state index in [0.29, 0.717) is 6.07 Å². The molecule has 1 aromatic rings. The number of esters is 1. The lowest BCUT2D eigenvalue weighted by Crippen LogP contribution is -2.27. The molecule has 0 unspecified atom stereocenters. The van der Waals surface area contributed by atoms with Gasteiger partial charge < -0.3 is 10.1 Å². The number of carbonyl (C=O) groups is 1. The van der Waals surface area contributed by atoms with Crippen LogP contribution in [0.3, 0.4) is 0 Å². The average molecular weight is 270 g/mol. The number of ether oxygens (including phenoxy) is 1. The van der Waals surface area contributed by atoms with Crippen molar-refractivity contribution in [3.8, 4) is 0 Å². The first-order valence-electron chi connectivity index (χ1n) is 5.50. The number of rotatable bonds is 3. The van der Waals surface area contributed by atoms with Crippen molar-refractivity contribution < 1.29 is 18.8 Å². The molecule has 0 bridgehead atoms. The van der Waals surface area contributed by atoms with Gasteiger partial charge in [-0.25, -0.2) is 9.18 Å². The molecule has 0 heterocycles. The summed E-state index contributed by atoms with van der Waals surface area (Å²) in [5.74, 6) is -1.87. The molecule has 0 aliphatic heterocycles. The Morgan fingerprint density at radius 3 is 2.42 bits per heavy atom. The van der Waals surface area contributed by atoms with E-state index < -0.39 is 27.9 Å². The number of hydrogen-bond donors (Lipinski definition) is 1. The second kappa shape index (κ2) is 5.21. The summed E-state index contributed by atoms with van der Waals surface area (Å²) in [6, 6.07) is 1.80. The summed E-state index contributed by atoms with van der Waals surface area (Å²) >= 11 is 0. The van der Waals surface area contributed by atoms with E-state index in [1.165, 1.54) is 0 Å². The first kappa shape index (κ1) is 14.9. The lowest BCUT2D eigenvalue weighted by atomic mass is 10.1. The third-order valence-corrected chi connectivity index (χ3v) is 2.20. The van der Waals surface area contributed by atoms with Gasteiger partial charge in [-0.1, -0.05) is 0 Å².